The summed E-state index contributed by atoms with van der Waals surface area (Å²) >= 11 is 1.59. The van der Waals surface area contributed by atoms with Gasteiger partial charge in [0.15, 0.2) is 0 Å². The summed E-state index contributed by atoms with van der Waals surface area (Å²) in [5.74, 6) is 0.0874. The average Bonchev–Trinajstić information content (AvgIpc) is 2.58. The van der Waals surface area contributed by atoms with Crippen molar-refractivity contribution in [1.82, 2.24) is 9.88 Å². The van der Waals surface area contributed by atoms with E-state index in [9.17, 15) is 4.79 Å². The standard InChI is InChI=1S/C19H23N3OS.2ClH/c1-19(2)13-22(12-10-16(19)20)18(23)14-6-8-15(9-7-14)24-17-5-3-4-11-21-17;;/h3-9,11,16H,10,12-13,20H2,1-2H3;2*1H. The highest BCUT2D eigenvalue weighted by Gasteiger charge is 2.35. The number of aromatic nitrogens is 1. The largest absolute Gasteiger partial charge is 0.338 e. The number of hydrogen-bond donors (Lipinski definition) is 1. The lowest BCUT2D eigenvalue weighted by atomic mass is 9.79. The number of carbonyl (C=O) groups is 1. The molecule has 0 spiro atoms. The number of hydrogen-bond acceptors (Lipinski definition) is 4. The SMILES string of the molecule is CC1(C)CN(C(=O)c2ccc(Sc3ccccn3)cc2)CCC1N.Cl.Cl. The van der Waals surface area contributed by atoms with E-state index in [4.69, 9.17) is 5.73 Å². The van der Waals surface area contributed by atoms with Crippen LogP contribution < -0.4 is 5.73 Å². The Labute approximate surface area is 171 Å². The first kappa shape index (κ1) is 22.8. The van der Waals surface area contributed by atoms with Gasteiger partial charge in [0.1, 0.15) is 5.03 Å². The highest BCUT2D eigenvalue weighted by molar-refractivity contribution is 7.99. The third-order valence-corrected chi connectivity index (χ3v) is 5.52. The van der Waals surface area contributed by atoms with Crippen molar-refractivity contribution in [2.24, 2.45) is 11.1 Å². The molecule has 1 atom stereocenters. The van der Waals surface area contributed by atoms with Crippen LogP contribution in [0.3, 0.4) is 0 Å². The Morgan fingerprint density at radius 2 is 1.88 bits per heavy atom. The van der Waals surface area contributed by atoms with Crippen LogP contribution in [0.4, 0.5) is 0 Å². The van der Waals surface area contributed by atoms with E-state index in [1.165, 1.54) is 0 Å². The molecule has 1 aliphatic heterocycles. The van der Waals surface area contributed by atoms with Gasteiger partial charge in [0.05, 0.1) is 0 Å². The Hall–Kier alpha value is -1.27. The maximum absolute atomic E-state index is 12.7. The minimum Gasteiger partial charge on any atom is -0.338 e. The fraction of sp³-hybridized carbons (Fsp3) is 0.368. The molecule has 0 aliphatic carbocycles. The fourth-order valence-corrected chi connectivity index (χ4v) is 3.70. The van der Waals surface area contributed by atoms with Crippen LogP contribution >= 0.6 is 36.6 Å². The van der Waals surface area contributed by atoms with Crippen molar-refractivity contribution >= 4 is 42.5 Å². The summed E-state index contributed by atoms with van der Waals surface area (Å²) in [6.45, 7) is 5.69. The van der Waals surface area contributed by atoms with Crippen molar-refractivity contribution in [3.63, 3.8) is 0 Å². The summed E-state index contributed by atoms with van der Waals surface area (Å²) in [6, 6.07) is 13.8. The Morgan fingerprint density at radius 3 is 2.46 bits per heavy atom. The van der Waals surface area contributed by atoms with E-state index in [0.29, 0.717) is 6.54 Å². The number of likely N-dealkylation sites (tertiary alicyclic amines) is 1. The first-order valence-electron chi connectivity index (χ1n) is 8.19. The highest BCUT2D eigenvalue weighted by atomic mass is 35.5. The molecule has 142 valence electrons. The first-order chi connectivity index (χ1) is 11.5. The van der Waals surface area contributed by atoms with Crippen LogP contribution in [0.25, 0.3) is 0 Å². The molecule has 3 rings (SSSR count). The van der Waals surface area contributed by atoms with Crippen molar-refractivity contribution in [3.05, 3.63) is 54.2 Å². The van der Waals surface area contributed by atoms with Crippen LogP contribution in [0.5, 0.6) is 0 Å². The van der Waals surface area contributed by atoms with E-state index in [1.807, 2.05) is 47.4 Å². The van der Waals surface area contributed by atoms with Gasteiger partial charge in [-0.2, -0.15) is 0 Å². The fourth-order valence-electron chi connectivity index (χ4n) is 2.92. The predicted molar refractivity (Wildman–Crippen MR) is 112 cm³/mol. The number of pyridine rings is 1. The van der Waals surface area contributed by atoms with Gasteiger partial charge in [-0.3, -0.25) is 4.79 Å². The van der Waals surface area contributed by atoms with E-state index >= 15 is 0 Å². The topological polar surface area (TPSA) is 59.2 Å². The first-order valence-corrected chi connectivity index (χ1v) is 9.01. The van der Waals surface area contributed by atoms with E-state index in [0.717, 1.165) is 28.5 Å². The van der Waals surface area contributed by atoms with Crippen molar-refractivity contribution < 1.29 is 4.79 Å². The summed E-state index contributed by atoms with van der Waals surface area (Å²) in [5, 5.41) is 0.948. The Morgan fingerprint density at radius 1 is 1.19 bits per heavy atom. The Kier molecular flexibility index (Phi) is 8.41. The molecule has 26 heavy (non-hydrogen) atoms. The Bertz CT molecular complexity index is 710. The molecular weight excluding hydrogens is 389 g/mol. The lowest BCUT2D eigenvalue weighted by Crippen LogP contribution is -2.53. The van der Waals surface area contributed by atoms with Crippen molar-refractivity contribution in [2.45, 2.75) is 36.2 Å². The van der Waals surface area contributed by atoms with Crippen LogP contribution in [-0.2, 0) is 0 Å². The molecule has 2 aromatic rings. The molecule has 1 saturated heterocycles. The molecule has 0 bridgehead atoms. The molecule has 2 heterocycles. The van der Waals surface area contributed by atoms with Gasteiger partial charge in [-0.15, -0.1) is 24.8 Å². The molecule has 7 heteroatoms. The van der Waals surface area contributed by atoms with Gasteiger partial charge in [0.2, 0.25) is 0 Å². The average molecular weight is 414 g/mol. The van der Waals surface area contributed by atoms with Gasteiger partial charge < -0.3 is 10.6 Å². The van der Waals surface area contributed by atoms with E-state index in [1.54, 1.807) is 18.0 Å². The number of nitrogens with zero attached hydrogens (tertiary/aromatic N) is 2. The van der Waals surface area contributed by atoms with Gasteiger partial charge in [0, 0.05) is 35.8 Å². The quantitative estimate of drug-likeness (QED) is 0.815. The van der Waals surface area contributed by atoms with E-state index in [-0.39, 0.29) is 42.2 Å². The molecule has 4 nitrogen and oxygen atoms in total. The van der Waals surface area contributed by atoms with Crippen LogP contribution in [0.1, 0.15) is 30.6 Å². The highest BCUT2D eigenvalue weighted by Crippen LogP contribution is 2.29. The minimum absolute atomic E-state index is 0. The smallest absolute Gasteiger partial charge is 0.253 e. The molecule has 1 fully saturated rings. The van der Waals surface area contributed by atoms with Gasteiger partial charge in [-0.25, -0.2) is 4.98 Å². The molecule has 1 aliphatic rings. The summed E-state index contributed by atoms with van der Waals surface area (Å²) in [7, 11) is 0. The van der Waals surface area contributed by atoms with Gasteiger partial charge in [0.25, 0.3) is 5.91 Å². The summed E-state index contributed by atoms with van der Waals surface area (Å²) in [4.78, 5) is 20.0. The van der Waals surface area contributed by atoms with E-state index in [2.05, 4.69) is 18.8 Å². The molecular formula is C19H25Cl2N3OS. The molecule has 1 aromatic carbocycles. The second-order valence-electron chi connectivity index (χ2n) is 6.90. The lowest BCUT2D eigenvalue weighted by Gasteiger charge is -2.42. The molecule has 2 N–H and O–H groups in total. The predicted octanol–water partition coefficient (Wildman–Crippen LogP) is 4.28. The van der Waals surface area contributed by atoms with Gasteiger partial charge >= 0.3 is 0 Å². The third kappa shape index (κ3) is 5.36. The number of amides is 1. The van der Waals surface area contributed by atoms with Gasteiger partial charge in [-0.05, 0) is 48.2 Å². The number of nitrogens with two attached hydrogens (primary N) is 1. The van der Waals surface area contributed by atoms with Crippen LogP contribution in [0.2, 0.25) is 0 Å². The Balaban J connectivity index is 0.00000169. The molecule has 1 amide bonds. The number of rotatable bonds is 3. The number of piperidine rings is 1. The minimum atomic E-state index is -0.0390. The van der Waals surface area contributed by atoms with E-state index < -0.39 is 0 Å². The van der Waals surface area contributed by atoms with Crippen molar-refractivity contribution in [3.8, 4) is 0 Å². The van der Waals surface area contributed by atoms with Crippen LogP contribution in [0.15, 0.2) is 58.6 Å². The summed E-state index contributed by atoms with van der Waals surface area (Å²) in [6.07, 6.45) is 2.63. The van der Waals surface area contributed by atoms with Crippen molar-refractivity contribution in [1.29, 1.82) is 0 Å². The molecule has 1 unspecified atom stereocenters. The summed E-state index contributed by atoms with van der Waals surface area (Å²) in [5.41, 5.74) is 6.85. The third-order valence-electron chi connectivity index (χ3n) is 4.56. The van der Waals surface area contributed by atoms with Crippen LogP contribution in [-0.4, -0.2) is 34.9 Å². The maximum atomic E-state index is 12.7. The number of halogens is 2. The monoisotopic (exact) mass is 413 g/mol. The zero-order chi connectivity index (χ0) is 17.2. The maximum Gasteiger partial charge on any atom is 0.253 e. The molecule has 0 saturated carbocycles. The van der Waals surface area contributed by atoms with Crippen molar-refractivity contribution in [2.75, 3.05) is 13.1 Å². The van der Waals surface area contributed by atoms with Gasteiger partial charge in [-0.1, -0.05) is 31.7 Å². The normalized spacial score (nSPS) is 18.4. The molecule has 0 radical (unpaired) electrons. The zero-order valence-corrected chi connectivity index (χ0v) is 17.4. The molecule has 1 aromatic heterocycles. The second-order valence-corrected chi connectivity index (χ2v) is 8.00. The second kappa shape index (κ2) is 9.60. The zero-order valence-electron chi connectivity index (χ0n) is 14.9. The number of benzene rings is 1. The summed E-state index contributed by atoms with van der Waals surface area (Å²) < 4.78 is 0. The number of carbonyl (C=O) groups excluding carboxylic acids is 1. The lowest BCUT2D eigenvalue weighted by molar-refractivity contribution is 0.0533. The van der Waals surface area contributed by atoms with Crippen LogP contribution in [0, 0.1) is 5.41 Å².